The van der Waals surface area contributed by atoms with Gasteiger partial charge in [-0.2, -0.15) is 5.10 Å². The van der Waals surface area contributed by atoms with Gasteiger partial charge in [-0.25, -0.2) is 9.50 Å². The predicted molar refractivity (Wildman–Crippen MR) is 114 cm³/mol. The molecule has 0 spiro atoms. The van der Waals surface area contributed by atoms with Crippen molar-refractivity contribution in [3.8, 4) is 33.5 Å². The topological polar surface area (TPSA) is 30.2 Å². The summed E-state index contributed by atoms with van der Waals surface area (Å²) in [6.45, 7) is 0. The first-order valence-electron chi connectivity index (χ1n) is 9.04. The highest BCUT2D eigenvalue weighted by Crippen LogP contribution is 2.29. The smallest absolute Gasteiger partial charge is 0.163 e. The molecule has 5 rings (SSSR count). The molecule has 5 aromatic rings. The zero-order chi connectivity index (χ0) is 18.9. The lowest BCUT2D eigenvalue weighted by Crippen LogP contribution is -1.95. The molecule has 0 aliphatic carbocycles. The molecule has 2 heterocycles. The number of benzene rings is 3. The summed E-state index contributed by atoms with van der Waals surface area (Å²) in [5.74, 6) is 0. The second-order valence-electron chi connectivity index (χ2n) is 6.57. The molecule has 3 nitrogen and oxygen atoms in total. The Kier molecular flexibility index (Phi) is 4.15. The SMILES string of the molecule is Clc1ccc(-c2cnn3c(-c4ccc(-c5ccccc5)cc4)ccnc23)cc1. The van der Waals surface area contributed by atoms with Gasteiger partial charge in [0.25, 0.3) is 0 Å². The van der Waals surface area contributed by atoms with Gasteiger partial charge in [0, 0.05) is 22.3 Å². The van der Waals surface area contributed by atoms with Gasteiger partial charge in [-0.3, -0.25) is 0 Å². The number of hydrogen-bond acceptors (Lipinski definition) is 2. The number of halogens is 1. The number of nitrogens with zero attached hydrogens (tertiary/aromatic N) is 3. The van der Waals surface area contributed by atoms with Crippen molar-refractivity contribution < 1.29 is 0 Å². The van der Waals surface area contributed by atoms with Crippen molar-refractivity contribution in [1.29, 1.82) is 0 Å². The van der Waals surface area contributed by atoms with Crippen molar-refractivity contribution in [1.82, 2.24) is 14.6 Å². The van der Waals surface area contributed by atoms with E-state index in [1.165, 1.54) is 11.1 Å². The van der Waals surface area contributed by atoms with Crippen LogP contribution in [0.15, 0.2) is 97.3 Å². The molecule has 2 aromatic heterocycles. The molecule has 0 unspecified atom stereocenters. The Morgan fingerprint density at radius 2 is 1.29 bits per heavy atom. The van der Waals surface area contributed by atoms with Crippen LogP contribution in [0.25, 0.3) is 39.2 Å². The highest BCUT2D eigenvalue weighted by atomic mass is 35.5. The first-order chi connectivity index (χ1) is 13.8. The third kappa shape index (κ3) is 2.96. The standard InChI is InChI=1S/C24H16ClN3/c25-21-12-10-19(11-13-21)22-16-27-28-23(14-15-26-24(22)28)20-8-6-18(7-9-20)17-4-2-1-3-5-17/h1-16H. The van der Waals surface area contributed by atoms with Gasteiger partial charge < -0.3 is 0 Å². The average Bonchev–Trinajstić information content (AvgIpc) is 3.19. The van der Waals surface area contributed by atoms with Gasteiger partial charge in [0.05, 0.1) is 11.9 Å². The molecule has 0 radical (unpaired) electrons. The monoisotopic (exact) mass is 381 g/mol. The summed E-state index contributed by atoms with van der Waals surface area (Å²) in [6, 6.07) is 28.6. The third-order valence-electron chi connectivity index (χ3n) is 4.84. The van der Waals surface area contributed by atoms with Crippen LogP contribution in [0.4, 0.5) is 0 Å². The predicted octanol–water partition coefficient (Wildman–Crippen LogP) is 6.38. The zero-order valence-electron chi connectivity index (χ0n) is 15.0. The Morgan fingerprint density at radius 1 is 0.643 bits per heavy atom. The number of fused-ring (bicyclic) bond motifs is 1. The molecule has 0 amide bonds. The second-order valence-corrected chi connectivity index (χ2v) is 7.01. The number of hydrogen-bond donors (Lipinski definition) is 0. The van der Waals surface area contributed by atoms with Gasteiger partial charge >= 0.3 is 0 Å². The fourth-order valence-electron chi connectivity index (χ4n) is 3.41. The molecule has 0 aliphatic rings. The zero-order valence-corrected chi connectivity index (χ0v) is 15.7. The van der Waals surface area contributed by atoms with E-state index in [-0.39, 0.29) is 0 Å². The summed E-state index contributed by atoms with van der Waals surface area (Å²) in [5, 5.41) is 5.31. The van der Waals surface area contributed by atoms with Crippen LogP contribution in [-0.4, -0.2) is 14.6 Å². The minimum Gasteiger partial charge on any atom is -0.236 e. The molecule has 0 saturated heterocycles. The van der Waals surface area contributed by atoms with E-state index in [1.807, 2.05) is 53.3 Å². The Hall–Kier alpha value is -3.43. The van der Waals surface area contributed by atoms with Crippen molar-refractivity contribution in [3.63, 3.8) is 0 Å². The van der Waals surface area contributed by atoms with Crippen molar-refractivity contribution >= 4 is 17.2 Å². The van der Waals surface area contributed by atoms with Gasteiger partial charge in [0.15, 0.2) is 5.65 Å². The van der Waals surface area contributed by atoms with Crippen molar-refractivity contribution in [3.05, 3.63) is 102 Å². The van der Waals surface area contributed by atoms with Crippen LogP contribution in [-0.2, 0) is 0 Å². The maximum atomic E-state index is 6.02. The Balaban J connectivity index is 1.57. The Morgan fingerprint density at radius 3 is 2.04 bits per heavy atom. The molecule has 0 bridgehead atoms. The van der Waals surface area contributed by atoms with Crippen LogP contribution in [0.1, 0.15) is 0 Å². The molecule has 0 aliphatic heterocycles. The molecule has 4 heteroatoms. The Bertz CT molecular complexity index is 1240. The summed E-state index contributed by atoms with van der Waals surface area (Å²) < 4.78 is 1.89. The van der Waals surface area contributed by atoms with Crippen LogP contribution in [0.2, 0.25) is 5.02 Å². The molecule has 0 N–H and O–H groups in total. The summed E-state index contributed by atoms with van der Waals surface area (Å²) in [7, 11) is 0. The first-order valence-corrected chi connectivity index (χ1v) is 9.42. The van der Waals surface area contributed by atoms with Gasteiger partial charge in [-0.05, 0) is 34.9 Å². The molecule has 28 heavy (non-hydrogen) atoms. The Labute approximate surface area is 167 Å². The third-order valence-corrected chi connectivity index (χ3v) is 5.10. The van der Waals surface area contributed by atoms with Gasteiger partial charge in [-0.15, -0.1) is 0 Å². The number of rotatable bonds is 3. The van der Waals surface area contributed by atoms with Gasteiger partial charge in [-0.1, -0.05) is 78.3 Å². The fourth-order valence-corrected chi connectivity index (χ4v) is 3.53. The maximum absolute atomic E-state index is 6.02. The van der Waals surface area contributed by atoms with E-state index < -0.39 is 0 Å². The van der Waals surface area contributed by atoms with E-state index >= 15 is 0 Å². The van der Waals surface area contributed by atoms with Crippen molar-refractivity contribution in [2.75, 3.05) is 0 Å². The van der Waals surface area contributed by atoms with E-state index in [0.29, 0.717) is 5.02 Å². The molecule has 0 atom stereocenters. The normalized spacial score (nSPS) is 11.0. The summed E-state index contributed by atoms with van der Waals surface area (Å²) in [4.78, 5) is 4.56. The highest BCUT2D eigenvalue weighted by Gasteiger charge is 2.12. The van der Waals surface area contributed by atoms with Crippen LogP contribution >= 0.6 is 11.6 Å². The van der Waals surface area contributed by atoms with E-state index in [4.69, 9.17) is 11.6 Å². The van der Waals surface area contributed by atoms with E-state index in [2.05, 4.69) is 58.6 Å². The molecule has 134 valence electrons. The fraction of sp³-hybridized carbons (Fsp3) is 0. The molecular weight excluding hydrogens is 366 g/mol. The lowest BCUT2D eigenvalue weighted by Gasteiger charge is -2.07. The van der Waals surface area contributed by atoms with Crippen LogP contribution < -0.4 is 0 Å². The minimum absolute atomic E-state index is 0.715. The second kappa shape index (κ2) is 6.95. The number of aromatic nitrogens is 3. The maximum Gasteiger partial charge on any atom is 0.163 e. The minimum atomic E-state index is 0.715. The summed E-state index contributed by atoms with van der Waals surface area (Å²) in [6.07, 6.45) is 3.68. The largest absolute Gasteiger partial charge is 0.236 e. The molecular formula is C24H16ClN3. The average molecular weight is 382 g/mol. The van der Waals surface area contributed by atoms with Crippen molar-refractivity contribution in [2.45, 2.75) is 0 Å². The highest BCUT2D eigenvalue weighted by molar-refractivity contribution is 6.30. The van der Waals surface area contributed by atoms with Gasteiger partial charge in [0.1, 0.15) is 0 Å². The van der Waals surface area contributed by atoms with Gasteiger partial charge in [0.2, 0.25) is 0 Å². The first kappa shape index (κ1) is 16.7. The molecule has 3 aromatic carbocycles. The lowest BCUT2D eigenvalue weighted by molar-refractivity contribution is 0.948. The summed E-state index contributed by atoms with van der Waals surface area (Å²) in [5.41, 5.74) is 7.35. The van der Waals surface area contributed by atoms with E-state index in [9.17, 15) is 0 Å². The lowest BCUT2D eigenvalue weighted by atomic mass is 10.0. The van der Waals surface area contributed by atoms with Crippen LogP contribution in [0.5, 0.6) is 0 Å². The van der Waals surface area contributed by atoms with E-state index in [1.54, 1.807) is 0 Å². The van der Waals surface area contributed by atoms with Crippen LogP contribution in [0.3, 0.4) is 0 Å². The van der Waals surface area contributed by atoms with E-state index in [0.717, 1.165) is 28.0 Å². The van der Waals surface area contributed by atoms with Crippen molar-refractivity contribution in [2.24, 2.45) is 0 Å². The van der Waals surface area contributed by atoms with Crippen LogP contribution in [0, 0.1) is 0 Å². The quantitative estimate of drug-likeness (QED) is 0.362. The summed E-state index contributed by atoms with van der Waals surface area (Å²) >= 11 is 6.02. The molecule has 0 saturated carbocycles. The molecule has 0 fully saturated rings.